The largest absolute Gasteiger partial charge is 0.416 e. The molecule has 2 nitrogen and oxygen atoms in total. The maximum atomic E-state index is 12.6. The standard InChI is InChI=1S/C14H10Cl2F3NO/c15-10-6-11(16)13(20-7-10)12(21)5-8-2-1-3-9(4-8)14(17,18)19/h1-4,6-7,12,21H,5H2. The lowest BCUT2D eigenvalue weighted by Crippen LogP contribution is -2.08. The van der Waals surface area contributed by atoms with Gasteiger partial charge in [-0.15, -0.1) is 0 Å². The van der Waals surface area contributed by atoms with Gasteiger partial charge in [-0.05, 0) is 17.7 Å². The Kier molecular flexibility index (Phi) is 4.76. The third kappa shape index (κ3) is 4.09. The number of benzene rings is 1. The van der Waals surface area contributed by atoms with Gasteiger partial charge in [0.25, 0.3) is 0 Å². The Labute approximate surface area is 129 Å². The number of halogens is 5. The van der Waals surface area contributed by atoms with E-state index in [4.69, 9.17) is 23.2 Å². The van der Waals surface area contributed by atoms with Crippen LogP contribution in [0.4, 0.5) is 13.2 Å². The van der Waals surface area contributed by atoms with E-state index in [0.29, 0.717) is 10.6 Å². The first-order chi connectivity index (χ1) is 9.77. The summed E-state index contributed by atoms with van der Waals surface area (Å²) in [5.74, 6) is 0. The third-order valence-corrected chi connectivity index (χ3v) is 3.34. The fourth-order valence-electron chi connectivity index (χ4n) is 1.86. The summed E-state index contributed by atoms with van der Waals surface area (Å²) >= 11 is 11.6. The number of hydrogen-bond donors (Lipinski definition) is 1. The molecule has 2 aromatic rings. The van der Waals surface area contributed by atoms with Crippen molar-refractivity contribution >= 4 is 23.2 Å². The molecule has 0 radical (unpaired) electrons. The molecule has 7 heteroatoms. The van der Waals surface area contributed by atoms with E-state index < -0.39 is 17.8 Å². The van der Waals surface area contributed by atoms with E-state index in [1.54, 1.807) is 0 Å². The maximum Gasteiger partial charge on any atom is 0.416 e. The first-order valence-electron chi connectivity index (χ1n) is 5.92. The Bertz CT molecular complexity index is 646. The zero-order valence-electron chi connectivity index (χ0n) is 10.5. The Balaban J connectivity index is 2.21. The normalized spacial score (nSPS) is 13.2. The van der Waals surface area contributed by atoms with Gasteiger partial charge in [0.05, 0.1) is 21.3 Å². The van der Waals surface area contributed by atoms with Crippen molar-refractivity contribution in [2.75, 3.05) is 0 Å². The molecule has 0 aliphatic carbocycles. The molecule has 0 aliphatic rings. The molecule has 21 heavy (non-hydrogen) atoms. The van der Waals surface area contributed by atoms with Crippen LogP contribution in [0.25, 0.3) is 0 Å². The van der Waals surface area contributed by atoms with Gasteiger partial charge in [-0.2, -0.15) is 13.2 Å². The second-order valence-electron chi connectivity index (χ2n) is 4.44. The van der Waals surface area contributed by atoms with Crippen molar-refractivity contribution < 1.29 is 18.3 Å². The number of nitrogens with zero attached hydrogens (tertiary/aromatic N) is 1. The average Bonchev–Trinajstić information content (AvgIpc) is 2.37. The average molecular weight is 336 g/mol. The van der Waals surface area contributed by atoms with Crippen molar-refractivity contribution in [3.8, 4) is 0 Å². The second-order valence-corrected chi connectivity index (χ2v) is 5.28. The van der Waals surface area contributed by atoms with Crippen molar-refractivity contribution in [2.45, 2.75) is 18.7 Å². The van der Waals surface area contributed by atoms with Gasteiger partial charge >= 0.3 is 6.18 Å². The molecule has 0 spiro atoms. The van der Waals surface area contributed by atoms with Crippen LogP contribution >= 0.6 is 23.2 Å². The van der Waals surface area contributed by atoms with Crippen LogP contribution in [0.5, 0.6) is 0 Å². The van der Waals surface area contributed by atoms with Gasteiger partial charge in [0.15, 0.2) is 0 Å². The number of rotatable bonds is 3. The highest BCUT2D eigenvalue weighted by Gasteiger charge is 2.30. The van der Waals surface area contributed by atoms with Crippen LogP contribution in [0.15, 0.2) is 36.5 Å². The number of aromatic nitrogens is 1. The zero-order valence-corrected chi connectivity index (χ0v) is 12.0. The fourth-order valence-corrected chi connectivity index (χ4v) is 2.37. The Hall–Kier alpha value is -1.30. The Morgan fingerprint density at radius 2 is 1.90 bits per heavy atom. The van der Waals surface area contributed by atoms with E-state index in [0.717, 1.165) is 12.1 Å². The number of pyridine rings is 1. The van der Waals surface area contributed by atoms with Gasteiger partial charge in [0.1, 0.15) is 6.10 Å². The summed E-state index contributed by atoms with van der Waals surface area (Å²) in [4.78, 5) is 3.91. The Morgan fingerprint density at radius 3 is 2.52 bits per heavy atom. The summed E-state index contributed by atoms with van der Waals surface area (Å²) in [6, 6.07) is 6.18. The minimum Gasteiger partial charge on any atom is -0.386 e. The van der Waals surface area contributed by atoms with Crippen molar-refractivity contribution in [3.63, 3.8) is 0 Å². The molecule has 0 bridgehead atoms. The summed E-state index contributed by atoms with van der Waals surface area (Å²) in [7, 11) is 0. The molecule has 1 heterocycles. The topological polar surface area (TPSA) is 33.1 Å². The molecule has 0 saturated heterocycles. The number of hydrogen-bond acceptors (Lipinski definition) is 2. The first-order valence-corrected chi connectivity index (χ1v) is 6.68. The van der Waals surface area contributed by atoms with Crippen LogP contribution in [-0.4, -0.2) is 10.1 Å². The van der Waals surface area contributed by atoms with Gasteiger partial charge in [0, 0.05) is 12.6 Å². The van der Waals surface area contributed by atoms with Crippen LogP contribution in [0, 0.1) is 0 Å². The molecule has 1 unspecified atom stereocenters. The van der Waals surface area contributed by atoms with Crippen LogP contribution < -0.4 is 0 Å². The van der Waals surface area contributed by atoms with Crippen molar-refractivity contribution in [1.82, 2.24) is 4.98 Å². The van der Waals surface area contributed by atoms with Gasteiger partial charge in [-0.1, -0.05) is 41.4 Å². The highest BCUT2D eigenvalue weighted by atomic mass is 35.5. The second kappa shape index (κ2) is 6.22. The van der Waals surface area contributed by atoms with Crippen molar-refractivity contribution in [3.05, 3.63) is 63.4 Å². The zero-order chi connectivity index (χ0) is 15.6. The third-order valence-electron chi connectivity index (χ3n) is 2.84. The van der Waals surface area contributed by atoms with Crippen molar-refractivity contribution in [1.29, 1.82) is 0 Å². The van der Waals surface area contributed by atoms with Crippen LogP contribution in [-0.2, 0) is 12.6 Å². The smallest absolute Gasteiger partial charge is 0.386 e. The van der Waals surface area contributed by atoms with Crippen LogP contribution in [0.1, 0.15) is 22.9 Å². The van der Waals surface area contributed by atoms with E-state index in [2.05, 4.69) is 4.98 Å². The van der Waals surface area contributed by atoms with Gasteiger partial charge in [-0.3, -0.25) is 4.98 Å². The number of alkyl halides is 3. The summed E-state index contributed by atoms with van der Waals surface area (Å²) in [5, 5.41) is 10.6. The monoisotopic (exact) mass is 335 g/mol. The van der Waals surface area contributed by atoms with Crippen LogP contribution in [0.3, 0.4) is 0 Å². The summed E-state index contributed by atoms with van der Waals surface area (Å²) in [6.07, 6.45) is -4.24. The minimum atomic E-state index is -4.42. The molecule has 0 fully saturated rings. The first kappa shape index (κ1) is 16.1. The fraction of sp³-hybridized carbons (Fsp3) is 0.214. The predicted molar refractivity (Wildman–Crippen MR) is 74.4 cm³/mol. The lowest BCUT2D eigenvalue weighted by molar-refractivity contribution is -0.137. The van der Waals surface area contributed by atoms with E-state index in [-0.39, 0.29) is 17.1 Å². The van der Waals surface area contributed by atoms with E-state index in [9.17, 15) is 18.3 Å². The lowest BCUT2D eigenvalue weighted by Gasteiger charge is -2.13. The summed E-state index contributed by atoms with van der Waals surface area (Å²) in [6.45, 7) is 0. The summed E-state index contributed by atoms with van der Waals surface area (Å²) in [5.41, 5.74) is -0.244. The van der Waals surface area contributed by atoms with E-state index in [1.165, 1.54) is 24.4 Å². The van der Waals surface area contributed by atoms with E-state index in [1.807, 2.05) is 0 Å². The highest BCUT2D eigenvalue weighted by molar-refractivity contribution is 6.34. The molecule has 2 rings (SSSR count). The minimum absolute atomic E-state index is 0.0295. The molecule has 1 aromatic carbocycles. The van der Waals surface area contributed by atoms with Gasteiger partial charge in [0.2, 0.25) is 0 Å². The van der Waals surface area contributed by atoms with Crippen molar-refractivity contribution in [2.24, 2.45) is 0 Å². The molecule has 112 valence electrons. The molecule has 1 atom stereocenters. The highest BCUT2D eigenvalue weighted by Crippen LogP contribution is 2.31. The molecule has 0 amide bonds. The Morgan fingerprint density at radius 1 is 1.19 bits per heavy atom. The van der Waals surface area contributed by atoms with Gasteiger partial charge < -0.3 is 5.11 Å². The predicted octanol–water partition coefficient (Wildman–Crippen LogP) is 4.68. The van der Waals surface area contributed by atoms with E-state index >= 15 is 0 Å². The number of aliphatic hydroxyl groups excluding tert-OH is 1. The quantitative estimate of drug-likeness (QED) is 0.883. The maximum absolute atomic E-state index is 12.6. The number of aliphatic hydroxyl groups is 1. The lowest BCUT2D eigenvalue weighted by atomic mass is 10.0. The molecule has 1 N–H and O–H groups in total. The molecule has 0 saturated carbocycles. The van der Waals surface area contributed by atoms with Crippen LogP contribution in [0.2, 0.25) is 10.0 Å². The molecular formula is C14H10Cl2F3NO. The summed E-state index contributed by atoms with van der Waals surface area (Å²) < 4.78 is 37.9. The molecule has 1 aromatic heterocycles. The SMILES string of the molecule is OC(Cc1cccc(C(F)(F)F)c1)c1ncc(Cl)cc1Cl. The van der Waals surface area contributed by atoms with Gasteiger partial charge in [-0.25, -0.2) is 0 Å². The molecule has 0 aliphatic heterocycles. The molecular weight excluding hydrogens is 326 g/mol.